The Morgan fingerprint density at radius 3 is 1.82 bits per heavy atom. The Labute approximate surface area is 197 Å². The Balaban J connectivity index is 1.17. The van der Waals surface area contributed by atoms with Crippen LogP contribution in [0.2, 0.25) is 0 Å². The van der Waals surface area contributed by atoms with E-state index in [-0.39, 0.29) is 17.0 Å². The van der Waals surface area contributed by atoms with Gasteiger partial charge in [-0.1, -0.05) is 6.92 Å². The van der Waals surface area contributed by atoms with Crippen LogP contribution in [0.3, 0.4) is 0 Å². The fourth-order valence-corrected chi connectivity index (χ4v) is 10.1. The van der Waals surface area contributed by atoms with E-state index in [9.17, 15) is 14.7 Å². The van der Waals surface area contributed by atoms with Crippen molar-refractivity contribution in [1.82, 2.24) is 0 Å². The Kier molecular flexibility index (Phi) is 5.16. The first-order valence-corrected chi connectivity index (χ1v) is 13.6. The second kappa shape index (κ2) is 7.75. The normalized spacial score (nSPS) is 48.1. The summed E-state index contributed by atoms with van der Waals surface area (Å²) in [6.07, 6.45) is 14.3. The SMILES string of the molecule is CCC1(OC(=O)C(C)OC=C(C(=O)O)C23CC4CC(CC(C4)C2)C3)C2CC3CC(C2)CC1C3. The molecule has 0 heterocycles. The number of esters is 1. The number of hydrogen-bond donors (Lipinski definition) is 1. The van der Waals surface area contributed by atoms with Gasteiger partial charge >= 0.3 is 11.9 Å². The summed E-state index contributed by atoms with van der Waals surface area (Å²) in [6.45, 7) is 3.88. The molecule has 182 valence electrons. The van der Waals surface area contributed by atoms with E-state index in [1.165, 1.54) is 57.6 Å². The smallest absolute Gasteiger partial charge is 0.347 e. The fraction of sp³-hybridized carbons (Fsp3) is 0.857. The topological polar surface area (TPSA) is 72.8 Å². The van der Waals surface area contributed by atoms with Gasteiger partial charge in [-0.2, -0.15) is 0 Å². The van der Waals surface area contributed by atoms with Crippen LogP contribution in [0.15, 0.2) is 11.8 Å². The second-order valence-corrected chi connectivity index (χ2v) is 12.8. The fourth-order valence-electron chi connectivity index (χ4n) is 10.1. The van der Waals surface area contributed by atoms with Crippen LogP contribution in [0.1, 0.15) is 90.9 Å². The molecule has 0 aromatic heterocycles. The van der Waals surface area contributed by atoms with Crippen LogP contribution >= 0.6 is 0 Å². The summed E-state index contributed by atoms with van der Waals surface area (Å²) in [5, 5.41) is 10.1. The van der Waals surface area contributed by atoms with E-state index in [0.29, 0.717) is 35.2 Å². The molecule has 0 aromatic rings. The van der Waals surface area contributed by atoms with Crippen LogP contribution in [0, 0.1) is 46.8 Å². The lowest BCUT2D eigenvalue weighted by Gasteiger charge is -2.60. The van der Waals surface area contributed by atoms with Crippen molar-refractivity contribution in [2.24, 2.45) is 46.8 Å². The van der Waals surface area contributed by atoms with Crippen molar-refractivity contribution in [3.63, 3.8) is 0 Å². The maximum atomic E-state index is 13.2. The average Bonchev–Trinajstić information content (AvgIpc) is 2.74. The Bertz CT molecular complexity index is 793. The maximum Gasteiger partial charge on any atom is 0.347 e. The molecule has 0 aromatic carbocycles. The number of carbonyl (C=O) groups excluding carboxylic acids is 1. The summed E-state index contributed by atoms with van der Waals surface area (Å²) >= 11 is 0. The molecule has 8 saturated carbocycles. The number of ether oxygens (including phenoxy) is 2. The van der Waals surface area contributed by atoms with Gasteiger partial charge in [0.25, 0.3) is 0 Å². The first-order valence-electron chi connectivity index (χ1n) is 13.6. The summed E-state index contributed by atoms with van der Waals surface area (Å²) in [5.74, 6) is 3.36. The van der Waals surface area contributed by atoms with E-state index in [4.69, 9.17) is 9.47 Å². The van der Waals surface area contributed by atoms with Crippen molar-refractivity contribution < 1.29 is 24.2 Å². The number of carboxylic acid groups (broad SMARTS) is 1. The molecular formula is C28H40O5. The number of carbonyl (C=O) groups is 2. The molecule has 8 bridgehead atoms. The molecule has 33 heavy (non-hydrogen) atoms. The number of carboxylic acids is 1. The Hall–Kier alpha value is -1.52. The van der Waals surface area contributed by atoms with E-state index < -0.39 is 12.1 Å². The highest BCUT2D eigenvalue weighted by Gasteiger charge is 2.59. The zero-order valence-electron chi connectivity index (χ0n) is 20.3. The van der Waals surface area contributed by atoms with Crippen molar-refractivity contribution >= 4 is 11.9 Å². The number of hydrogen-bond acceptors (Lipinski definition) is 4. The summed E-state index contributed by atoms with van der Waals surface area (Å²) in [5.41, 5.74) is -0.224. The highest BCUT2D eigenvalue weighted by Crippen LogP contribution is 2.63. The molecule has 0 aliphatic heterocycles. The summed E-state index contributed by atoms with van der Waals surface area (Å²) in [4.78, 5) is 25.5. The van der Waals surface area contributed by atoms with E-state index in [0.717, 1.165) is 37.5 Å². The molecule has 5 nitrogen and oxygen atoms in total. The van der Waals surface area contributed by atoms with Gasteiger partial charge in [0.05, 0.1) is 11.8 Å². The van der Waals surface area contributed by atoms with Crippen molar-refractivity contribution in [2.75, 3.05) is 0 Å². The zero-order valence-corrected chi connectivity index (χ0v) is 20.3. The number of aliphatic carboxylic acids is 1. The molecule has 0 amide bonds. The third kappa shape index (κ3) is 3.46. The second-order valence-electron chi connectivity index (χ2n) is 12.8. The van der Waals surface area contributed by atoms with E-state index in [1.807, 2.05) is 0 Å². The maximum absolute atomic E-state index is 13.2. The molecule has 0 radical (unpaired) electrons. The van der Waals surface area contributed by atoms with Crippen LogP contribution in [0.25, 0.3) is 0 Å². The average molecular weight is 457 g/mol. The molecule has 1 atom stereocenters. The van der Waals surface area contributed by atoms with E-state index in [2.05, 4.69) is 6.92 Å². The first kappa shape index (κ1) is 22.0. The third-order valence-electron chi connectivity index (χ3n) is 10.9. The van der Waals surface area contributed by atoms with Crippen molar-refractivity contribution in [1.29, 1.82) is 0 Å². The summed E-state index contributed by atoms with van der Waals surface area (Å²) in [7, 11) is 0. The third-order valence-corrected chi connectivity index (χ3v) is 10.9. The predicted molar refractivity (Wildman–Crippen MR) is 123 cm³/mol. The molecule has 8 fully saturated rings. The van der Waals surface area contributed by atoms with Gasteiger partial charge in [-0.15, -0.1) is 0 Å². The highest BCUT2D eigenvalue weighted by molar-refractivity contribution is 5.88. The molecule has 8 aliphatic carbocycles. The van der Waals surface area contributed by atoms with Crippen LogP contribution < -0.4 is 0 Å². The minimum Gasteiger partial charge on any atom is -0.486 e. The van der Waals surface area contributed by atoms with Gasteiger partial charge in [-0.05, 0) is 125 Å². The largest absolute Gasteiger partial charge is 0.486 e. The monoisotopic (exact) mass is 456 g/mol. The van der Waals surface area contributed by atoms with E-state index >= 15 is 0 Å². The van der Waals surface area contributed by atoms with Gasteiger partial charge in [0.1, 0.15) is 5.60 Å². The van der Waals surface area contributed by atoms with Crippen molar-refractivity contribution in [2.45, 2.75) is 103 Å². The molecule has 0 saturated heterocycles. The molecule has 8 rings (SSSR count). The molecule has 1 N–H and O–H groups in total. The van der Waals surface area contributed by atoms with Crippen molar-refractivity contribution in [3.8, 4) is 0 Å². The Morgan fingerprint density at radius 1 is 0.879 bits per heavy atom. The van der Waals surface area contributed by atoms with Crippen LogP contribution in [-0.2, 0) is 19.1 Å². The van der Waals surface area contributed by atoms with E-state index in [1.54, 1.807) is 6.92 Å². The van der Waals surface area contributed by atoms with Gasteiger partial charge in [-0.3, -0.25) is 0 Å². The Morgan fingerprint density at radius 2 is 1.36 bits per heavy atom. The molecule has 5 heteroatoms. The lowest BCUT2D eigenvalue weighted by atomic mass is 9.48. The van der Waals surface area contributed by atoms with Gasteiger partial charge in [0.2, 0.25) is 0 Å². The zero-order chi connectivity index (χ0) is 23.0. The summed E-state index contributed by atoms with van der Waals surface area (Å²) < 4.78 is 12.2. The summed E-state index contributed by atoms with van der Waals surface area (Å²) in [6, 6.07) is 0. The lowest BCUT2D eigenvalue weighted by Crippen LogP contribution is -2.60. The van der Waals surface area contributed by atoms with Crippen LogP contribution in [-0.4, -0.2) is 28.8 Å². The van der Waals surface area contributed by atoms with Crippen LogP contribution in [0.5, 0.6) is 0 Å². The highest BCUT2D eigenvalue weighted by atomic mass is 16.6. The van der Waals surface area contributed by atoms with Crippen LogP contribution in [0.4, 0.5) is 0 Å². The minimum atomic E-state index is -0.886. The predicted octanol–water partition coefficient (Wildman–Crippen LogP) is 5.72. The van der Waals surface area contributed by atoms with Gasteiger partial charge < -0.3 is 14.6 Å². The quantitative estimate of drug-likeness (QED) is 0.301. The van der Waals surface area contributed by atoms with Gasteiger partial charge in [0, 0.05) is 5.41 Å². The van der Waals surface area contributed by atoms with Gasteiger partial charge in [0.15, 0.2) is 6.10 Å². The molecule has 1 unspecified atom stereocenters. The van der Waals surface area contributed by atoms with Gasteiger partial charge in [-0.25, -0.2) is 9.59 Å². The molecule has 0 spiro atoms. The lowest BCUT2D eigenvalue weighted by molar-refractivity contribution is -0.217. The molecular weight excluding hydrogens is 416 g/mol. The number of rotatable bonds is 7. The first-order chi connectivity index (χ1) is 15.8. The molecule has 8 aliphatic rings. The van der Waals surface area contributed by atoms with Crippen molar-refractivity contribution in [3.05, 3.63) is 11.8 Å². The standard InChI is InChI=1S/C28H40O5/c1-3-28(22-8-17-4-18(10-22)11-23(28)9-17)33-26(31)16(2)32-15-24(25(29)30)27-12-19-5-20(13-27)7-21(6-19)14-27/h15-23H,3-14H2,1-2H3,(H,29,30). The minimum absolute atomic E-state index is 0.268.